The number of amides is 3. The number of carbonyl (C=O) groups excluding carboxylic acids is 2. The van der Waals surface area contributed by atoms with Crippen LogP contribution in [0.15, 0.2) is 0 Å². The van der Waals surface area contributed by atoms with E-state index in [0.717, 1.165) is 6.42 Å². The third-order valence-corrected chi connectivity index (χ3v) is 2.39. The lowest BCUT2D eigenvalue weighted by Gasteiger charge is -2.19. The van der Waals surface area contributed by atoms with Crippen molar-refractivity contribution in [1.82, 2.24) is 15.5 Å². The predicted molar refractivity (Wildman–Crippen MR) is 59.5 cm³/mol. The standard InChI is InChI=1S/C10H17N3O4/c14-8-7-13(6-2-5-11-8)10(17)12-4-1-3-9(15)16/h1-7H2,(H,11,14)(H,12,17)(H,15,16). The fraction of sp³-hybridized carbons (Fsp3) is 0.700. The zero-order valence-corrected chi connectivity index (χ0v) is 9.57. The van der Waals surface area contributed by atoms with Gasteiger partial charge >= 0.3 is 12.0 Å². The van der Waals surface area contributed by atoms with E-state index in [9.17, 15) is 14.4 Å². The molecule has 0 aromatic heterocycles. The Hall–Kier alpha value is -1.79. The molecule has 1 aliphatic heterocycles. The van der Waals surface area contributed by atoms with Crippen molar-refractivity contribution in [2.75, 3.05) is 26.2 Å². The van der Waals surface area contributed by atoms with Gasteiger partial charge < -0.3 is 20.6 Å². The highest BCUT2D eigenvalue weighted by Crippen LogP contribution is 1.97. The lowest BCUT2D eigenvalue weighted by Crippen LogP contribution is -2.43. The first kappa shape index (κ1) is 13.3. The van der Waals surface area contributed by atoms with E-state index >= 15 is 0 Å². The van der Waals surface area contributed by atoms with Gasteiger partial charge in [-0.05, 0) is 12.8 Å². The van der Waals surface area contributed by atoms with Crippen LogP contribution in [0.2, 0.25) is 0 Å². The van der Waals surface area contributed by atoms with Crippen molar-refractivity contribution in [1.29, 1.82) is 0 Å². The molecule has 3 amide bonds. The lowest BCUT2D eigenvalue weighted by molar-refractivity contribution is -0.137. The summed E-state index contributed by atoms with van der Waals surface area (Å²) >= 11 is 0. The molecule has 0 saturated carbocycles. The molecular weight excluding hydrogens is 226 g/mol. The fourth-order valence-corrected chi connectivity index (χ4v) is 1.53. The number of nitrogens with zero attached hydrogens (tertiary/aromatic N) is 1. The molecule has 7 nitrogen and oxygen atoms in total. The minimum Gasteiger partial charge on any atom is -0.481 e. The van der Waals surface area contributed by atoms with Gasteiger partial charge in [0, 0.05) is 26.1 Å². The monoisotopic (exact) mass is 243 g/mol. The molecule has 1 saturated heterocycles. The van der Waals surface area contributed by atoms with Crippen LogP contribution in [0.3, 0.4) is 0 Å². The maximum absolute atomic E-state index is 11.6. The number of aliphatic carboxylic acids is 1. The van der Waals surface area contributed by atoms with Gasteiger partial charge in [0.05, 0.1) is 0 Å². The molecule has 0 unspecified atom stereocenters. The highest BCUT2D eigenvalue weighted by atomic mass is 16.4. The summed E-state index contributed by atoms with van der Waals surface area (Å²) in [5.41, 5.74) is 0. The van der Waals surface area contributed by atoms with E-state index in [1.54, 1.807) is 0 Å². The Balaban J connectivity index is 2.26. The summed E-state index contributed by atoms with van der Waals surface area (Å²) in [4.78, 5) is 34.5. The molecule has 7 heteroatoms. The predicted octanol–water partition coefficient (Wildman–Crippen LogP) is -0.617. The van der Waals surface area contributed by atoms with Gasteiger partial charge in [-0.2, -0.15) is 0 Å². The van der Waals surface area contributed by atoms with E-state index in [4.69, 9.17) is 5.11 Å². The van der Waals surface area contributed by atoms with Crippen LogP contribution in [-0.4, -0.2) is 54.1 Å². The first-order chi connectivity index (χ1) is 8.09. The van der Waals surface area contributed by atoms with Gasteiger partial charge in [-0.25, -0.2) is 4.79 Å². The smallest absolute Gasteiger partial charge is 0.317 e. The van der Waals surface area contributed by atoms with E-state index < -0.39 is 5.97 Å². The Bertz CT molecular complexity index is 306. The maximum Gasteiger partial charge on any atom is 0.317 e. The third-order valence-electron chi connectivity index (χ3n) is 2.39. The topological polar surface area (TPSA) is 98.7 Å². The molecule has 1 aliphatic rings. The largest absolute Gasteiger partial charge is 0.481 e. The Morgan fingerprint density at radius 1 is 1.47 bits per heavy atom. The second kappa shape index (κ2) is 6.72. The van der Waals surface area contributed by atoms with E-state index in [0.29, 0.717) is 26.1 Å². The van der Waals surface area contributed by atoms with Crippen LogP contribution in [0.25, 0.3) is 0 Å². The average molecular weight is 243 g/mol. The Kier molecular flexibility index (Phi) is 5.25. The summed E-state index contributed by atoms with van der Waals surface area (Å²) in [6.07, 6.45) is 1.15. The summed E-state index contributed by atoms with van der Waals surface area (Å²) in [5, 5.41) is 13.7. The van der Waals surface area contributed by atoms with Crippen molar-refractivity contribution in [3.8, 4) is 0 Å². The first-order valence-corrected chi connectivity index (χ1v) is 5.61. The van der Waals surface area contributed by atoms with Crippen molar-refractivity contribution in [2.24, 2.45) is 0 Å². The highest BCUT2D eigenvalue weighted by molar-refractivity contribution is 5.84. The molecule has 0 aromatic rings. The quantitative estimate of drug-likeness (QED) is 0.573. The SMILES string of the molecule is O=C(O)CCCNC(=O)N1CCCNC(=O)C1. The van der Waals surface area contributed by atoms with E-state index in [2.05, 4.69) is 10.6 Å². The number of carboxylic acids is 1. The van der Waals surface area contributed by atoms with Gasteiger partial charge in [-0.1, -0.05) is 0 Å². The molecule has 0 aliphatic carbocycles. The minimum atomic E-state index is -0.881. The Morgan fingerprint density at radius 2 is 2.24 bits per heavy atom. The number of hydrogen-bond acceptors (Lipinski definition) is 3. The molecule has 1 heterocycles. The lowest BCUT2D eigenvalue weighted by atomic mass is 10.3. The summed E-state index contributed by atoms with van der Waals surface area (Å²) in [7, 11) is 0. The van der Waals surface area contributed by atoms with E-state index in [-0.39, 0.29) is 24.9 Å². The highest BCUT2D eigenvalue weighted by Gasteiger charge is 2.18. The summed E-state index contributed by atoms with van der Waals surface area (Å²) in [6.45, 7) is 1.49. The van der Waals surface area contributed by atoms with Gasteiger partial charge in [0.25, 0.3) is 0 Å². The molecule has 0 bridgehead atoms. The van der Waals surface area contributed by atoms with Crippen LogP contribution in [-0.2, 0) is 9.59 Å². The number of rotatable bonds is 4. The van der Waals surface area contributed by atoms with Crippen LogP contribution in [0.4, 0.5) is 4.79 Å². The van der Waals surface area contributed by atoms with Gasteiger partial charge in [-0.3, -0.25) is 9.59 Å². The second-order valence-corrected chi connectivity index (χ2v) is 3.85. The number of carbonyl (C=O) groups is 3. The van der Waals surface area contributed by atoms with Gasteiger partial charge in [0.15, 0.2) is 0 Å². The average Bonchev–Trinajstić information content (AvgIpc) is 2.48. The Labute approximate surface area is 99.2 Å². The minimum absolute atomic E-state index is 0.0285. The summed E-state index contributed by atoms with van der Waals surface area (Å²) < 4.78 is 0. The molecule has 1 fully saturated rings. The third kappa shape index (κ3) is 5.19. The zero-order chi connectivity index (χ0) is 12.7. The van der Waals surface area contributed by atoms with Gasteiger partial charge in [0.1, 0.15) is 6.54 Å². The van der Waals surface area contributed by atoms with Crippen LogP contribution in [0.1, 0.15) is 19.3 Å². The van der Waals surface area contributed by atoms with Gasteiger partial charge in [0.2, 0.25) is 5.91 Å². The normalized spacial score (nSPS) is 16.0. The van der Waals surface area contributed by atoms with Crippen LogP contribution in [0.5, 0.6) is 0 Å². The summed E-state index contributed by atoms with van der Waals surface area (Å²) in [6, 6.07) is -0.313. The van der Waals surface area contributed by atoms with E-state index in [1.165, 1.54) is 4.90 Å². The summed E-state index contributed by atoms with van der Waals surface area (Å²) in [5.74, 6) is -1.04. The van der Waals surface area contributed by atoms with Crippen LogP contribution >= 0.6 is 0 Å². The molecule has 96 valence electrons. The van der Waals surface area contributed by atoms with Gasteiger partial charge in [-0.15, -0.1) is 0 Å². The van der Waals surface area contributed by atoms with Crippen molar-refractivity contribution in [3.05, 3.63) is 0 Å². The molecular formula is C10H17N3O4. The zero-order valence-electron chi connectivity index (χ0n) is 9.57. The number of urea groups is 1. The second-order valence-electron chi connectivity index (χ2n) is 3.85. The first-order valence-electron chi connectivity index (χ1n) is 5.61. The molecule has 0 atom stereocenters. The molecule has 3 N–H and O–H groups in total. The maximum atomic E-state index is 11.6. The fourth-order valence-electron chi connectivity index (χ4n) is 1.53. The molecule has 17 heavy (non-hydrogen) atoms. The van der Waals surface area contributed by atoms with Crippen LogP contribution < -0.4 is 10.6 Å². The van der Waals surface area contributed by atoms with Crippen molar-refractivity contribution in [2.45, 2.75) is 19.3 Å². The Morgan fingerprint density at radius 3 is 2.94 bits per heavy atom. The van der Waals surface area contributed by atoms with Crippen molar-refractivity contribution < 1.29 is 19.5 Å². The molecule has 0 radical (unpaired) electrons. The molecule has 0 spiro atoms. The molecule has 1 rings (SSSR count). The van der Waals surface area contributed by atoms with E-state index in [1.807, 2.05) is 0 Å². The number of nitrogens with one attached hydrogen (secondary N) is 2. The number of hydrogen-bond donors (Lipinski definition) is 3. The van der Waals surface area contributed by atoms with Crippen molar-refractivity contribution >= 4 is 17.9 Å². The van der Waals surface area contributed by atoms with Crippen LogP contribution in [0, 0.1) is 0 Å². The van der Waals surface area contributed by atoms with Crippen molar-refractivity contribution in [3.63, 3.8) is 0 Å². The number of carboxylic acid groups (broad SMARTS) is 1. The molecule has 0 aromatic carbocycles.